The van der Waals surface area contributed by atoms with Crippen LogP contribution in [0.15, 0.2) is 121 Å². The maximum Gasteiger partial charge on any atom is 0.335 e. The van der Waals surface area contributed by atoms with Crippen LogP contribution in [-0.4, -0.2) is 42.1 Å². The second-order valence-electron chi connectivity index (χ2n) is 15.9. The van der Waals surface area contributed by atoms with E-state index in [1.165, 1.54) is 5.56 Å². The number of benzene rings is 4. The number of fused-ring (bicyclic) bond motifs is 8. The number of nitrogens with zero attached hydrogens (tertiary/aromatic N) is 2. The first-order valence-electron chi connectivity index (χ1n) is 20.1. The zero-order chi connectivity index (χ0) is 41.7. The van der Waals surface area contributed by atoms with Crippen LogP contribution >= 0.6 is 0 Å². The number of hydrogen-bond acceptors (Lipinski definition) is 4. The molecule has 0 saturated carbocycles. The van der Waals surface area contributed by atoms with E-state index in [0.29, 0.717) is 0 Å². The number of nitrogens with one attached hydrogen (secondary N) is 2. The maximum atomic E-state index is 11.7. The quantitative estimate of drug-likeness (QED) is 0.121. The van der Waals surface area contributed by atoms with Gasteiger partial charge in [0.25, 0.3) is 0 Å². The van der Waals surface area contributed by atoms with Crippen LogP contribution in [0.5, 0.6) is 0 Å². The van der Waals surface area contributed by atoms with Crippen molar-refractivity contribution in [3.8, 4) is 44.5 Å². The largest absolute Gasteiger partial charge is 0.478 e. The van der Waals surface area contributed by atoms with E-state index in [-0.39, 0.29) is 23.0 Å². The summed E-state index contributed by atoms with van der Waals surface area (Å²) in [5, 5.41) is 19.2. The summed E-state index contributed by atoms with van der Waals surface area (Å²) in [6.07, 6.45) is 8.14. The van der Waals surface area contributed by atoms with Gasteiger partial charge < -0.3 is 20.2 Å². The number of carboxylic acids is 2. The van der Waals surface area contributed by atoms with E-state index in [1.54, 1.807) is 24.3 Å². The van der Waals surface area contributed by atoms with Crippen LogP contribution < -0.4 is 0 Å². The van der Waals surface area contributed by atoms with Crippen LogP contribution in [0.4, 0.5) is 0 Å². The van der Waals surface area contributed by atoms with Gasteiger partial charge in [0.2, 0.25) is 0 Å². The Bertz CT molecular complexity index is 3090. The van der Waals surface area contributed by atoms with Crippen molar-refractivity contribution in [3.63, 3.8) is 0 Å². The summed E-state index contributed by atoms with van der Waals surface area (Å²) in [6.45, 7) is 8.66. The second-order valence-corrected chi connectivity index (χ2v) is 15.9. The van der Waals surface area contributed by atoms with Crippen molar-refractivity contribution >= 4 is 58.3 Å². The predicted molar refractivity (Wildman–Crippen MR) is 243 cm³/mol. The Balaban J connectivity index is 1.26. The van der Waals surface area contributed by atoms with E-state index in [0.717, 1.165) is 94.9 Å². The zero-order valence-electron chi connectivity index (χ0n) is 33.6. The first-order chi connectivity index (χ1) is 29.0. The van der Waals surface area contributed by atoms with Gasteiger partial charge in [-0.2, -0.15) is 0 Å². The predicted octanol–water partition coefficient (Wildman–Crippen LogP) is 13.0. The molecule has 8 heteroatoms. The minimum atomic E-state index is -0.962. The summed E-state index contributed by atoms with van der Waals surface area (Å²) in [7, 11) is 0. The summed E-state index contributed by atoms with van der Waals surface area (Å²) in [4.78, 5) is 41.1. The molecule has 2 aliphatic rings. The molecule has 8 nitrogen and oxygen atoms in total. The molecule has 8 bridgehead atoms. The number of H-pyrrole nitrogens is 2. The Kier molecular flexibility index (Phi) is 9.68. The molecule has 0 unspecified atom stereocenters. The van der Waals surface area contributed by atoms with Gasteiger partial charge in [0.05, 0.1) is 33.9 Å². The van der Waals surface area contributed by atoms with Gasteiger partial charge in [-0.05, 0) is 147 Å². The molecular weight excluding hydrogens is 745 g/mol. The summed E-state index contributed by atoms with van der Waals surface area (Å²) < 4.78 is 0. The van der Waals surface area contributed by atoms with Crippen molar-refractivity contribution in [1.82, 2.24) is 19.9 Å². The molecule has 2 aliphatic heterocycles. The van der Waals surface area contributed by atoms with Crippen LogP contribution in [-0.2, 0) is 0 Å². The Morgan fingerprint density at radius 2 is 1.00 bits per heavy atom. The molecule has 0 radical (unpaired) electrons. The van der Waals surface area contributed by atoms with Crippen molar-refractivity contribution in [3.05, 3.63) is 166 Å². The molecular formula is C52H42N4O4. The van der Waals surface area contributed by atoms with Crippen LogP contribution in [0.3, 0.4) is 0 Å². The van der Waals surface area contributed by atoms with Gasteiger partial charge in [0.1, 0.15) is 0 Å². The summed E-state index contributed by atoms with van der Waals surface area (Å²) >= 11 is 0. The van der Waals surface area contributed by atoms with E-state index >= 15 is 0 Å². The molecule has 60 heavy (non-hydrogen) atoms. The summed E-state index contributed by atoms with van der Waals surface area (Å²) in [6, 6.07) is 39.4. The number of aromatic amines is 2. The smallest absolute Gasteiger partial charge is 0.335 e. The van der Waals surface area contributed by atoms with Gasteiger partial charge in [-0.25, -0.2) is 19.6 Å². The minimum Gasteiger partial charge on any atom is -0.478 e. The molecule has 0 spiro atoms. The van der Waals surface area contributed by atoms with Gasteiger partial charge in [-0.15, -0.1) is 0 Å². The average molecular weight is 787 g/mol. The third-order valence-corrected chi connectivity index (χ3v) is 11.2. The fourth-order valence-electron chi connectivity index (χ4n) is 8.09. The number of hydrogen-bond donors (Lipinski definition) is 4. The van der Waals surface area contributed by atoms with Gasteiger partial charge >= 0.3 is 11.9 Å². The average Bonchev–Trinajstić information content (AvgIpc) is 4.09. The van der Waals surface area contributed by atoms with Gasteiger partial charge in [0.15, 0.2) is 0 Å². The van der Waals surface area contributed by atoms with Crippen molar-refractivity contribution in [2.45, 2.75) is 39.5 Å². The summed E-state index contributed by atoms with van der Waals surface area (Å²) in [5.74, 6) is -1.39. The van der Waals surface area contributed by atoms with Gasteiger partial charge in [-0.3, -0.25) is 0 Å². The lowest BCUT2D eigenvalue weighted by molar-refractivity contribution is 0.0686. The third-order valence-electron chi connectivity index (χ3n) is 11.2. The molecule has 0 amide bonds. The van der Waals surface area contributed by atoms with Crippen LogP contribution in [0, 0.1) is 0 Å². The fourth-order valence-corrected chi connectivity index (χ4v) is 8.09. The molecule has 9 rings (SSSR count). The highest BCUT2D eigenvalue weighted by Crippen LogP contribution is 2.40. The van der Waals surface area contributed by atoms with Crippen LogP contribution in [0.1, 0.15) is 94.1 Å². The van der Waals surface area contributed by atoms with E-state index in [9.17, 15) is 19.8 Å². The van der Waals surface area contributed by atoms with E-state index in [4.69, 9.17) is 9.97 Å². The van der Waals surface area contributed by atoms with E-state index < -0.39 is 11.9 Å². The molecule has 4 aromatic carbocycles. The molecule has 0 saturated heterocycles. The van der Waals surface area contributed by atoms with E-state index in [1.807, 2.05) is 60.7 Å². The Hall–Kier alpha value is -7.58. The molecule has 294 valence electrons. The molecule has 0 aliphatic carbocycles. The lowest BCUT2D eigenvalue weighted by atomic mass is 9.89. The Morgan fingerprint density at radius 1 is 0.483 bits per heavy atom. The lowest BCUT2D eigenvalue weighted by Crippen LogP contribution is -1.97. The fraction of sp³-hybridized carbons (Fsp3) is 0.115. The normalized spacial score (nSPS) is 12.1. The number of carbonyl (C=O) groups is 2. The molecule has 7 aromatic rings. The Labute approximate surface area is 347 Å². The highest BCUT2D eigenvalue weighted by Gasteiger charge is 2.19. The van der Waals surface area contributed by atoms with Crippen LogP contribution in [0.2, 0.25) is 0 Å². The highest BCUT2D eigenvalue weighted by molar-refractivity contribution is 5.98. The summed E-state index contributed by atoms with van der Waals surface area (Å²) in [5.41, 5.74) is 17.2. The molecule has 0 fully saturated rings. The zero-order valence-corrected chi connectivity index (χ0v) is 33.6. The number of rotatable bonds is 8. The van der Waals surface area contributed by atoms with Crippen molar-refractivity contribution in [2.75, 3.05) is 0 Å². The number of aromatic carboxylic acids is 2. The highest BCUT2D eigenvalue weighted by atomic mass is 16.4. The van der Waals surface area contributed by atoms with Crippen molar-refractivity contribution < 1.29 is 19.8 Å². The third kappa shape index (κ3) is 7.24. The van der Waals surface area contributed by atoms with E-state index in [2.05, 4.69) is 98.3 Å². The molecule has 0 atom stereocenters. The Morgan fingerprint density at radius 3 is 1.53 bits per heavy atom. The number of aromatic nitrogens is 4. The monoisotopic (exact) mass is 786 g/mol. The molecule has 4 N–H and O–H groups in total. The number of carboxylic acid groups (broad SMARTS) is 2. The van der Waals surface area contributed by atoms with Gasteiger partial charge in [-0.1, -0.05) is 82.3 Å². The topological polar surface area (TPSA) is 132 Å². The first-order valence-corrected chi connectivity index (χ1v) is 20.1. The molecule has 3 aromatic heterocycles. The first kappa shape index (κ1) is 38.0. The minimum absolute atomic E-state index is 0.236. The standard InChI is InChI=1S/C52H42N4O4/c1-29(2)35-13-20-42(44(25-35)32-7-11-34(12-8-32)52(59)60)50-47-23-17-39(55-47)27-37-15-21-45(53-37)49(46-22-16-38(54-46)28-40-18-24-48(50)56-40)36-14-19-41(30(3)4)43(26-36)31-5-9-33(10-6-31)51(57)58/h5-30,53,56H,1-4H3,(H,57,58)(H,59,60). The van der Waals surface area contributed by atoms with Crippen molar-refractivity contribution in [1.29, 1.82) is 0 Å². The van der Waals surface area contributed by atoms with Crippen LogP contribution in [0.25, 0.3) is 90.9 Å². The lowest BCUT2D eigenvalue weighted by Gasteiger charge is -2.16. The molecule has 5 heterocycles. The van der Waals surface area contributed by atoms with Gasteiger partial charge in [0, 0.05) is 33.2 Å². The second kappa shape index (κ2) is 15.3. The maximum absolute atomic E-state index is 11.7. The SMILES string of the molecule is CC(C)c1ccc(-c2c3nc(cc4ccc([nH]4)c(-c4ccc(C(C)C)c(-c5ccc(C(=O)O)cc5)c4)c4nc(cc5ccc2[nH]5)C=C4)C=C3)c(-c2ccc(C(=O)O)cc2)c1. The van der Waals surface area contributed by atoms with Crippen molar-refractivity contribution in [2.24, 2.45) is 0 Å².